The summed E-state index contributed by atoms with van der Waals surface area (Å²) in [6.07, 6.45) is 2.29. The van der Waals surface area contributed by atoms with Gasteiger partial charge in [-0.05, 0) is 18.6 Å². The molecule has 0 atom stereocenters. The monoisotopic (exact) mass is 213 g/mol. The minimum atomic E-state index is -0.842. The lowest BCUT2D eigenvalue weighted by atomic mass is 10.3. The lowest BCUT2D eigenvalue weighted by molar-refractivity contribution is 0.0702. The lowest BCUT2D eigenvalue weighted by Crippen LogP contribution is -2.16. The van der Waals surface area contributed by atoms with E-state index in [4.69, 9.17) is 5.11 Å². The molecular weight excluding hydrogens is 198 g/mol. The summed E-state index contributed by atoms with van der Waals surface area (Å²) in [4.78, 5) is 13.1. The van der Waals surface area contributed by atoms with E-state index >= 15 is 0 Å². The summed E-state index contributed by atoms with van der Waals surface area (Å²) < 4.78 is 0. The summed E-state index contributed by atoms with van der Waals surface area (Å²) in [7, 11) is 1.99. The zero-order valence-corrected chi connectivity index (χ0v) is 9.30. The topological polar surface area (TPSA) is 40.5 Å². The fourth-order valence-corrected chi connectivity index (χ4v) is 1.99. The van der Waals surface area contributed by atoms with Gasteiger partial charge in [0.1, 0.15) is 4.88 Å². The summed E-state index contributed by atoms with van der Waals surface area (Å²) in [5, 5.41) is 9.77. The second kappa shape index (κ2) is 5.00. The van der Waals surface area contributed by atoms with Gasteiger partial charge in [0.2, 0.25) is 0 Å². The summed E-state index contributed by atoms with van der Waals surface area (Å²) in [5.74, 6) is -0.842. The molecule has 1 aromatic heterocycles. The first-order valence-corrected chi connectivity index (χ1v) is 5.51. The molecule has 1 heterocycles. The molecule has 0 aromatic carbocycles. The van der Waals surface area contributed by atoms with Gasteiger partial charge in [-0.25, -0.2) is 4.79 Å². The first-order valence-electron chi connectivity index (χ1n) is 4.69. The summed E-state index contributed by atoms with van der Waals surface area (Å²) in [6, 6.07) is 3.52. The maximum Gasteiger partial charge on any atom is 0.345 e. The van der Waals surface area contributed by atoms with Crippen molar-refractivity contribution >= 4 is 22.3 Å². The van der Waals surface area contributed by atoms with Gasteiger partial charge in [0, 0.05) is 13.6 Å². The molecule has 0 bridgehead atoms. The maximum atomic E-state index is 10.6. The molecule has 1 aromatic rings. The summed E-state index contributed by atoms with van der Waals surface area (Å²) in [6.45, 7) is 3.13. The Kier molecular flexibility index (Phi) is 3.95. The SMILES string of the molecule is CCCCN(C)c1ccc(C(=O)O)s1. The Hall–Kier alpha value is -1.03. The Bertz CT molecular complexity index is 309. The molecule has 0 radical (unpaired) electrons. The largest absolute Gasteiger partial charge is 0.477 e. The van der Waals surface area contributed by atoms with Crippen LogP contribution in [0.5, 0.6) is 0 Å². The molecular formula is C10H15NO2S. The number of unbranched alkanes of at least 4 members (excludes halogenated alkanes) is 1. The number of hydrogen-bond donors (Lipinski definition) is 1. The fourth-order valence-electron chi connectivity index (χ4n) is 1.15. The average Bonchev–Trinajstić information content (AvgIpc) is 2.62. The van der Waals surface area contributed by atoms with Crippen molar-refractivity contribution < 1.29 is 9.90 Å². The number of carboxylic acids is 1. The number of anilines is 1. The Morgan fingerprint density at radius 1 is 1.57 bits per heavy atom. The first kappa shape index (κ1) is 11.0. The van der Waals surface area contributed by atoms with E-state index in [1.165, 1.54) is 11.3 Å². The van der Waals surface area contributed by atoms with E-state index in [0.29, 0.717) is 4.88 Å². The van der Waals surface area contributed by atoms with Gasteiger partial charge in [-0.1, -0.05) is 13.3 Å². The van der Waals surface area contributed by atoms with Gasteiger partial charge in [-0.2, -0.15) is 0 Å². The number of carbonyl (C=O) groups is 1. The molecule has 1 N–H and O–H groups in total. The third-order valence-corrected chi connectivity index (χ3v) is 3.21. The van der Waals surface area contributed by atoms with Gasteiger partial charge in [-0.3, -0.25) is 0 Å². The van der Waals surface area contributed by atoms with Gasteiger partial charge >= 0.3 is 5.97 Å². The number of thiophene rings is 1. The molecule has 0 saturated heterocycles. The highest BCUT2D eigenvalue weighted by atomic mass is 32.1. The van der Waals surface area contributed by atoms with Crippen molar-refractivity contribution in [2.75, 3.05) is 18.5 Å². The van der Waals surface area contributed by atoms with Crippen LogP contribution in [0.4, 0.5) is 5.00 Å². The molecule has 0 aliphatic heterocycles. The standard InChI is InChI=1S/C10H15NO2S/c1-3-4-7-11(2)9-6-5-8(14-9)10(12)13/h5-6H,3-4,7H2,1-2H3,(H,12,13). The molecule has 0 unspecified atom stereocenters. The van der Waals surface area contributed by atoms with Crippen LogP contribution in [-0.4, -0.2) is 24.7 Å². The first-order chi connectivity index (χ1) is 6.65. The zero-order chi connectivity index (χ0) is 10.6. The van der Waals surface area contributed by atoms with Crippen LogP contribution in [0.2, 0.25) is 0 Å². The van der Waals surface area contributed by atoms with Crippen molar-refractivity contribution in [1.82, 2.24) is 0 Å². The van der Waals surface area contributed by atoms with Crippen LogP contribution in [0.3, 0.4) is 0 Å². The second-order valence-electron chi connectivity index (χ2n) is 3.22. The smallest absolute Gasteiger partial charge is 0.345 e. The molecule has 3 nitrogen and oxygen atoms in total. The van der Waals surface area contributed by atoms with E-state index < -0.39 is 5.97 Å². The molecule has 0 aliphatic rings. The van der Waals surface area contributed by atoms with Crippen molar-refractivity contribution in [3.8, 4) is 0 Å². The molecule has 14 heavy (non-hydrogen) atoms. The lowest BCUT2D eigenvalue weighted by Gasteiger charge is -2.15. The van der Waals surface area contributed by atoms with Gasteiger partial charge in [0.25, 0.3) is 0 Å². The van der Waals surface area contributed by atoms with Crippen molar-refractivity contribution in [2.24, 2.45) is 0 Å². The highest BCUT2D eigenvalue weighted by Crippen LogP contribution is 2.25. The number of carboxylic acid groups (broad SMARTS) is 1. The van der Waals surface area contributed by atoms with Crippen molar-refractivity contribution in [3.05, 3.63) is 17.0 Å². The van der Waals surface area contributed by atoms with E-state index in [9.17, 15) is 4.79 Å². The fraction of sp³-hybridized carbons (Fsp3) is 0.500. The van der Waals surface area contributed by atoms with Crippen LogP contribution >= 0.6 is 11.3 Å². The number of rotatable bonds is 5. The molecule has 1 rings (SSSR count). The Morgan fingerprint density at radius 2 is 2.29 bits per heavy atom. The van der Waals surface area contributed by atoms with Crippen LogP contribution in [-0.2, 0) is 0 Å². The number of nitrogens with zero attached hydrogens (tertiary/aromatic N) is 1. The van der Waals surface area contributed by atoms with E-state index in [2.05, 4.69) is 11.8 Å². The Balaban J connectivity index is 2.61. The number of aromatic carboxylic acids is 1. The van der Waals surface area contributed by atoms with Crippen LogP contribution in [0.15, 0.2) is 12.1 Å². The highest BCUT2D eigenvalue weighted by Gasteiger charge is 2.09. The number of hydrogen-bond acceptors (Lipinski definition) is 3. The highest BCUT2D eigenvalue weighted by molar-refractivity contribution is 7.17. The molecule has 78 valence electrons. The average molecular weight is 213 g/mol. The Labute approximate surface area is 88.0 Å². The van der Waals surface area contributed by atoms with Gasteiger partial charge < -0.3 is 10.0 Å². The molecule has 0 aliphatic carbocycles. The van der Waals surface area contributed by atoms with Crippen LogP contribution in [0.25, 0.3) is 0 Å². The zero-order valence-electron chi connectivity index (χ0n) is 8.49. The van der Waals surface area contributed by atoms with Gasteiger partial charge in [0.15, 0.2) is 0 Å². The minimum absolute atomic E-state index is 0.406. The van der Waals surface area contributed by atoms with Crippen molar-refractivity contribution in [3.63, 3.8) is 0 Å². The third-order valence-electron chi connectivity index (χ3n) is 2.03. The van der Waals surface area contributed by atoms with E-state index in [1.807, 2.05) is 13.1 Å². The normalized spacial score (nSPS) is 10.1. The van der Waals surface area contributed by atoms with E-state index in [1.54, 1.807) is 6.07 Å². The molecule has 0 spiro atoms. The predicted molar refractivity (Wildman–Crippen MR) is 59.5 cm³/mol. The third kappa shape index (κ3) is 2.73. The summed E-state index contributed by atoms with van der Waals surface area (Å²) in [5.41, 5.74) is 0. The molecule has 0 saturated carbocycles. The van der Waals surface area contributed by atoms with Crippen LogP contribution < -0.4 is 4.90 Å². The molecule has 0 fully saturated rings. The second-order valence-corrected chi connectivity index (χ2v) is 4.28. The van der Waals surface area contributed by atoms with Gasteiger partial charge in [-0.15, -0.1) is 11.3 Å². The quantitative estimate of drug-likeness (QED) is 0.817. The van der Waals surface area contributed by atoms with Crippen molar-refractivity contribution in [1.29, 1.82) is 0 Å². The van der Waals surface area contributed by atoms with Gasteiger partial charge in [0.05, 0.1) is 5.00 Å². The minimum Gasteiger partial charge on any atom is -0.477 e. The predicted octanol–water partition coefficient (Wildman–Crippen LogP) is 2.68. The molecule has 0 amide bonds. The van der Waals surface area contributed by atoms with Crippen molar-refractivity contribution in [2.45, 2.75) is 19.8 Å². The van der Waals surface area contributed by atoms with E-state index in [0.717, 1.165) is 24.4 Å². The van der Waals surface area contributed by atoms with Crippen LogP contribution in [0.1, 0.15) is 29.4 Å². The summed E-state index contributed by atoms with van der Waals surface area (Å²) >= 11 is 1.33. The van der Waals surface area contributed by atoms with E-state index in [-0.39, 0.29) is 0 Å². The molecule has 4 heteroatoms. The van der Waals surface area contributed by atoms with Crippen LogP contribution in [0, 0.1) is 0 Å². The maximum absolute atomic E-state index is 10.6. The Morgan fingerprint density at radius 3 is 2.79 bits per heavy atom.